The lowest BCUT2D eigenvalue weighted by Crippen LogP contribution is -2.53. The third kappa shape index (κ3) is 3.00. The SMILES string of the molecule is CCC(CO)(CO)NC(=O)c1ccc(O)c(C)c1. The van der Waals surface area contributed by atoms with Gasteiger partial charge in [-0.3, -0.25) is 4.79 Å². The maximum atomic E-state index is 12.0. The van der Waals surface area contributed by atoms with Crippen molar-refractivity contribution in [2.75, 3.05) is 13.2 Å². The van der Waals surface area contributed by atoms with Gasteiger partial charge in [0.1, 0.15) is 5.75 Å². The first-order valence-corrected chi connectivity index (χ1v) is 5.82. The third-order valence-electron chi connectivity index (χ3n) is 3.12. The van der Waals surface area contributed by atoms with Crippen LogP contribution in [0.25, 0.3) is 0 Å². The Kier molecular flexibility index (Phi) is 4.69. The van der Waals surface area contributed by atoms with Crippen molar-refractivity contribution in [1.29, 1.82) is 0 Å². The molecular formula is C13H19NO4. The van der Waals surface area contributed by atoms with Gasteiger partial charge in [0.25, 0.3) is 5.91 Å². The summed E-state index contributed by atoms with van der Waals surface area (Å²) >= 11 is 0. The first-order chi connectivity index (χ1) is 8.48. The zero-order valence-electron chi connectivity index (χ0n) is 10.6. The molecule has 1 aromatic rings. The van der Waals surface area contributed by atoms with E-state index in [0.29, 0.717) is 17.5 Å². The second kappa shape index (κ2) is 5.84. The summed E-state index contributed by atoms with van der Waals surface area (Å²) in [6.07, 6.45) is 0.419. The van der Waals surface area contributed by atoms with Crippen molar-refractivity contribution >= 4 is 5.91 Å². The number of rotatable bonds is 5. The van der Waals surface area contributed by atoms with Crippen molar-refractivity contribution in [2.45, 2.75) is 25.8 Å². The zero-order chi connectivity index (χ0) is 13.8. The quantitative estimate of drug-likeness (QED) is 0.617. The van der Waals surface area contributed by atoms with E-state index >= 15 is 0 Å². The summed E-state index contributed by atoms with van der Waals surface area (Å²) in [4.78, 5) is 12.0. The fourth-order valence-corrected chi connectivity index (χ4v) is 1.55. The van der Waals surface area contributed by atoms with Crippen LogP contribution < -0.4 is 5.32 Å². The molecule has 0 bridgehead atoms. The van der Waals surface area contributed by atoms with E-state index in [1.54, 1.807) is 19.9 Å². The summed E-state index contributed by atoms with van der Waals surface area (Å²) < 4.78 is 0. The van der Waals surface area contributed by atoms with Crippen LogP contribution in [0.15, 0.2) is 18.2 Å². The predicted octanol–water partition coefficient (Wildman–Crippen LogP) is 0.564. The first-order valence-electron chi connectivity index (χ1n) is 5.82. The zero-order valence-corrected chi connectivity index (χ0v) is 10.6. The molecule has 0 heterocycles. The first kappa shape index (κ1) is 14.5. The van der Waals surface area contributed by atoms with Gasteiger partial charge < -0.3 is 20.6 Å². The van der Waals surface area contributed by atoms with E-state index in [-0.39, 0.29) is 24.9 Å². The Hall–Kier alpha value is -1.59. The average molecular weight is 253 g/mol. The number of aryl methyl sites for hydroxylation is 1. The number of carbonyl (C=O) groups excluding carboxylic acids is 1. The molecule has 5 nitrogen and oxygen atoms in total. The van der Waals surface area contributed by atoms with Crippen LogP contribution in [0.1, 0.15) is 29.3 Å². The molecule has 5 heteroatoms. The van der Waals surface area contributed by atoms with E-state index in [4.69, 9.17) is 0 Å². The minimum atomic E-state index is -1.01. The highest BCUT2D eigenvalue weighted by molar-refractivity contribution is 5.95. The van der Waals surface area contributed by atoms with Gasteiger partial charge >= 0.3 is 0 Å². The molecule has 1 rings (SSSR count). The lowest BCUT2D eigenvalue weighted by Gasteiger charge is -2.29. The molecule has 0 saturated carbocycles. The van der Waals surface area contributed by atoms with Gasteiger partial charge in [-0.05, 0) is 37.1 Å². The van der Waals surface area contributed by atoms with E-state index in [1.807, 2.05) is 0 Å². The van der Waals surface area contributed by atoms with E-state index in [0.717, 1.165) is 0 Å². The molecule has 0 aromatic heterocycles. The number of aliphatic hydroxyl groups excluding tert-OH is 2. The molecular weight excluding hydrogens is 234 g/mol. The van der Waals surface area contributed by atoms with Crippen molar-refractivity contribution < 1.29 is 20.1 Å². The molecule has 0 radical (unpaired) electrons. The summed E-state index contributed by atoms with van der Waals surface area (Å²) in [7, 11) is 0. The van der Waals surface area contributed by atoms with Crippen LogP contribution in [0, 0.1) is 6.92 Å². The monoisotopic (exact) mass is 253 g/mol. The largest absolute Gasteiger partial charge is 0.508 e. The van der Waals surface area contributed by atoms with Gasteiger partial charge in [0.15, 0.2) is 0 Å². The number of phenols is 1. The summed E-state index contributed by atoms with van der Waals surface area (Å²) in [5.74, 6) is -0.263. The lowest BCUT2D eigenvalue weighted by atomic mass is 9.97. The summed E-state index contributed by atoms with van der Waals surface area (Å²) in [6, 6.07) is 4.49. The van der Waals surface area contributed by atoms with Gasteiger partial charge in [-0.25, -0.2) is 0 Å². The highest BCUT2D eigenvalue weighted by Gasteiger charge is 2.28. The van der Waals surface area contributed by atoms with Gasteiger partial charge in [0, 0.05) is 5.56 Å². The van der Waals surface area contributed by atoms with Gasteiger partial charge in [-0.2, -0.15) is 0 Å². The number of benzene rings is 1. The molecule has 0 aliphatic rings. The van der Waals surface area contributed by atoms with Crippen LogP contribution in [0.5, 0.6) is 5.75 Å². The van der Waals surface area contributed by atoms with E-state index in [2.05, 4.69) is 5.32 Å². The van der Waals surface area contributed by atoms with Crippen LogP contribution in [0.4, 0.5) is 0 Å². The topological polar surface area (TPSA) is 89.8 Å². The molecule has 0 aliphatic carbocycles. The Morgan fingerprint density at radius 1 is 1.33 bits per heavy atom. The molecule has 4 N–H and O–H groups in total. The number of aromatic hydroxyl groups is 1. The van der Waals surface area contributed by atoms with Crippen molar-refractivity contribution in [3.05, 3.63) is 29.3 Å². The van der Waals surface area contributed by atoms with Crippen molar-refractivity contribution in [1.82, 2.24) is 5.32 Å². The van der Waals surface area contributed by atoms with Crippen molar-refractivity contribution in [2.24, 2.45) is 0 Å². The summed E-state index contributed by atoms with van der Waals surface area (Å²) in [5, 5.41) is 30.5. The number of amides is 1. The minimum Gasteiger partial charge on any atom is -0.508 e. The highest BCUT2D eigenvalue weighted by Crippen LogP contribution is 2.18. The normalized spacial score (nSPS) is 11.3. The Balaban J connectivity index is 2.90. The number of carbonyl (C=O) groups is 1. The number of hydrogen-bond donors (Lipinski definition) is 4. The molecule has 0 fully saturated rings. The van der Waals surface area contributed by atoms with Crippen LogP contribution in [-0.2, 0) is 0 Å². The molecule has 1 amide bonds. The van der Waals surface area contributed by atoms with E-state index in [9.17, 15) is 20.1 Å². The van der Waals surface area contributed by atoms with Crippen LogP contribution in [0.2, 0.25) is 0 Å². The van der Waals surface area contributed by atoms with Gasteiger partial charge in [0.05, 0.1) is 18.8 Å². The van der Waals surface area contributed by atoms with Crippen LogP contribution in [-0.4, -0.2) is 40.0 Å². The van der Waals surface area contributed by atoms with E-state index < -0.39 is 5.54 Å². The maximum Gasteiger partial charge on any atom is 0.251 e. The van der Waals surface area contributed by atoms with E-state index in [1.165, 1.54) is 12.1 Å². The lowest BCUT2D eigenvalue weighted by molar-refractivity contribution is 0.0653. The fourth-order valence-electron chi connectivity index (χ4n) is 1.55. The second-order valence-corrected chi connectivity index (χ2v) is 4.41. The molecule has 0 spiro atoms. The molecule has 100 valence electrons. The average Bonchev–Trinajstić information content (AvgIpc) is 2.39. The number of phenolic OH excluding ortho intramolecular Hbond substituents is 1. The predicted molar refractivity (Wildman–Crippen MR) is 67.5 cm³/mol. The Morgan fingerprint density at radius 3 is 2.39 bits per heavy atom. The standard InChI is InChI=1S/C13H19NO4/c1-3-13(7-15,8-16)14-12(18)10-4-5-11(17)9(2)6-10/h4-6,15-17H,3,7-8H2,1-2H3,(H,14,18). The molecule has 0 aliphatic heterocycles. The van der Waals surface area contributed by atoms with Gasteiger partial charge in [0.2, 0.25) is 0 Å². The van der Waals surface area contributed by atoms with Crippen LogP contribution in [0.3, 0.4) is 0 Å². The highest BCUT2D eigenvalue weighted by atomic mass is 16.3. The third-order valence-corrected chi connectivity index (χ3v) is 3.12. The smallest absolute Gasteiger partial charge is 0.251 e. The van der Waals surface area contributed by atoms with Crippen molar-refractivity contribution in [3.8, 4) is 5.75 Å². The summed E-state index contributed by atoms with van der Waals surface area (Å²) in [6.45, 7) is 2.80. The second-order valence-electron chi connectivity index (χ2n) is 4.41. The number of nitrogens with one attached hydrogen (secondary N) is 1. The Morgan fingerprint density at radius 2 is 1.94 bits per heavy atom. The molecule has 0 atom stereocenters. The Labute approximate surface area is 106 Å². The Bertz CT molecular complexity index is 419. The minimum absolute atomic E-state index is 0.123. The molecule has 18 heavy (non-hydrogen) atoms. The molecule has 0 saturated heterocycles. The van der Waals surface area contributed by atoms with Gasteiger partial charge in [-0.15, -0.1) is 0 Å². The van der Waals surface area contributed by atoms with Crippen LogP contribution >= 0.6 is 0 Å². The number of hydrogen-bond acceptors (Lipinski definition) is 4. The molecule has 1 aromatic carbocycles. The van der Waals surface area contributed by atoms with Crippen molar-refractivity contribution in [3.63, 3.8) is 0 Å². The molecule has 0 unspecified atom stereocenters. The van der Waals surface area contributed by atoms with Gasteiger partial charge in [-0.1, -0.05) is 6.92 Å². The number of aliphatic hydroxyl groups is 2. The fraction of sp³-hybridized carbons (Fsp3) is 0.462. The maximum absolute atomic E-state index is 12.0. The summed E-state index contributed by atoms with van der Waals surface area (Å²) in [5.41, 5.74) is -0.0363.